The van der Waals surface area contributed by atoms with Gasteiger partial charge >= 0.3 is 0 Å². The maximum Gasteiger partial charge on any atom is 0.266 e. The summed E-state index contributed by atoms with van der Waals surface area (Å²) in [5.74, 6) is 1.61. The Labute approximate surface area is 173 Å². The molecule has 6 heteroatoms. The van der Waals surface area contributed by atoms with E-state index in [9.17, 15) is 10.1 Å². The molecular formula is C24H19N3O3. The summed E-state index contributed by atoms with van der Waals surface area (Å²) in [4.78, 5) is 17.9. The van der Waals surface area contributed by atoms with E-state index in [0.717, 1.165) is 5.75 Å². The predicted octanol–water partition coefficient (Wildman–Crippen LogP) is 4.24. The summed E-state index contributed by atoms with van der Waals surface area (Å²) in [6, 6.07) is 23.5. The van der Waals surface area contributed by atoms with Crippen molar-refractivity contribution in [2.75, 3.05) is 6.61 Å². The van der Waals surface area contributed by atoms with E-state index in [1.54, 1.807) is 36.4 Å². The van der Waals surface area contributed by atoms with Gasteiger partial charge in [-0.25, -0.2) is 4.98 Å². The van der Waals surface area contributed by atoms with Crippen LogP contribution in [-0.2, 0) is 6.61 Å². The van der Waals surface area contributed by atoms with Gasteiger partial charge in [0.15, 0.2) is 5.82 Å². The van der Waals surface area contributed by atoms with Crippen LogP contribution in [0.25, 0.3) is 16.6 Å². The van der Waals surface area contributed by atoms with Crippen LogP contribution in [0.15, 0.2) is 77.6 Å². The summed E-state index contributed by atoms with van der Waals surface area (Å²) in [6.45, 7) is 2.51. The van der Waals surface area contributed by atoms with E-state index in [2.05, 4.69) is 11.1 Å². The highest BCUT2D eigenvalue weighted by molar-refractivity contribution is 5.77. The molecule has 30 heavy (non-hydrogen) atoms. The Bertz CT molecular complexity index is 1290. The zero-order valence-corrected chi connectivity index (χ0v) is 16.4. The SMILES string of the molecule is CCOc1ccc(-n2c(COc3ccccc3C#N)nc3ccccc3c2=O)cc1. The molecule has 6 nitrogen and oxygen atoms in total. The van der Waals surface area contributed by atoms with Gasteiger partial charge in [-0.3, -0.25) is 9.36 Å². The monoisotopic (exact) mass is 397 g/mol. The number of rotatable bonds is 6. The van der Waals surface area contributed by atoms with E-state index in [4.69, 9.17) is 9.47 Å². The van der Waals surface area contributed by atoms with E-state index < -0.39 is 0 Å². The molecule has 0 spiro atoms. The molecule has 0 N–H and O–H groups in total. The van der Waals surface area contributed by atoms with Crippen molar-refractivity contribution in [1.29, 1.82) is 5.26 Å². The average molecular weight is 397 g/mol. The minimum atomic E-state index is -0.183. The normalized spacial score (nSPS) is 10.5. The van der Waals surface area contributed by atoms with Crippen molar-refractivity contribution in [3.63, 3.8) is 0 Å². The van der Waals surface area contributed by atoms with Crippen molar-refractivity contribution in [1.82, 2.24) is 9.55 Å². The third kappa shape index (κ3) is 3.74. The molecule has 3 aromatic carbocycles. The molecule has 0 unspecified atom stereocenters. The molecule has 1 heterocycles. The summed E-state index contributed by atoms with van der Waals surface area (Å²) in [5, 5.41) is 9.81. The minimum Gasteiger partial charge on any atom is -0.494 e. The maximum absolute atomic E-state index is 13.3. The third-order valence-corrected chi connectivity index (χ3v) is 4.62. The summed E-state index contributed by atoms with van der Waals surface area (Å²) in [6.07, 6.45) is 0. The zero-order valence-electron chi connectivity index (χ0n) is 16.4. The van der Waals surface area contributed by atoms with Crippen molar-refractivity contribution in [3.8, 4) is 23.3 Å². The van der Waals surface area contributed by atoms with Gasteiger partial charge in [-0.2, -0.15) is 5.26 Å². The van der Waals surface area contributed by atoms with Crippen LogP contribution in [0.1, 0.15) is 18.3 Å². The quantitative estimate of drug-likeness (QED) is 0.486. The number of benzene rings is 3. The van der Waals surface area contributed by atoms with E-state index in [1.165, 1.54) is 4.57 Å². The van der Waals surface area contributed by atoms with Gasteiger partial charge in [-0.15, -0.1) is 0 Å². The average Bonchev–Trinajstić information content (AvgIpc) is 2.79. The molecule has 0 saturated carbocycles. The Morgan fingerprint density at radius 3 is 2.47 bits per heavy atom. The van der Waals surface area contributed by atoms with Gasteiger partial charge < -0.3 is 9.47 Å². The van der Waals surface area contributed by atoms with Gasteiger partial charge in [0.1, 0.15) is 24.2 Å². The Hall–Kier alpha value is -4.11. The number of nitrogens with zero attached hydrogens (tertiary/aromatic N) is 3. The first-order chi connectivity index (χ1) is 14.7. The number of aromatic nitrogens is 2. The number of ether oxygens (including phenoxy) is 2. The van der Waals surface area contributed by atoms with Crippen molar-refractivity contribution in [2.45, 2.75) is 13.5 Å². The van der Waals surface area contributed by atoms with E-state index >= 15 is 0 Å². The second-order valence-electron chi connectivity index (χ2n) is 6.51. The van der Waals surface area contributed by atoms with Crippen molar-refractivity contribution >= 4 is 10.9 Å². The van der Waals surface area contributed by atoms with Crippen LogP contribution in [-0.4, -0.2) is 16.2 Å². The molecule has 0 atom stereocenters. The number of fused-ring (bicyclic) bond motifs is 1. The molecule has 0 radical (unpaired) electrons. The van der Waals surface area contributed by atoms with Crippen LogP contribution < -0.4 is 15.0 Å². The first kappa shape index (κ1) is 19.2. The lowest BCUT2D eigenvalue weighted by molar-refractivity contribution is 0.291. The van der Waals surface area contributed by atoms with E-state index in [-0.39, 0.29) is 12.2 Å². The van der Waals surface area contributed by atoms with Crippen molar-refractivity contribution < 1.29 is 9.47 Å². The summed E-state index contributed by atoms with van der Waals surface area (Å²) < 4.78 is 12.9. The van der Waals surface area contributed by atoms with Crippen LogP contribution in [0, 0.1) is 11.3 Å². The Kier molecular flexibility index (Phi) is 5.44. The smallest absolute Gasteiger partial charge is 0.266 e. The minimum absolute atomic E-state index is 0.0337. The van der Waals surface area contributed by atoms with Crippen molar-refractivity contribution in [2.24, 2.45) is 0 Å². The molecule has 4 rings (SSSR count). The Morgan fingerprint density at radius 2 is 1.70 bits per heavy atom. The lowest BCUT2D eigenvalue weighted by Crippen LogP contribution is -2.25. The Balaban J connectivity index is 1.80. The molecule has 0 aliphatic rings. The maximum atomic E-state index is 13.3. The standard InChI is InChI=1S/C24H19N3O3/c1-2-29-19-13-11-18(12-14-19)27-23(16-30-22-10-6-3-7-17(22)15-25)26-21-9-5-4-8-20(21)24(27)28/h3-14H,2,16H2,1H3. The molecule has 0 bridgehead atoms. The first-order valence-electron chi connectivity index (χ1n) is 9.57. The number of hydrogen-bond acceptors (Lipinski definition) is 5. The molecule has 0 aliphatic carbocycles. The van der Waals surface area contributed by atoms with Gasteiger partial charge in [0.05, 0.1) is 28.8 Å². The first-order valence-corrected chi connectivity index (χ1v) is 9.57. The van der Waals surface area contributed by atoms with Gasteiger partial charge in [-0.1, -0.05) is 24.3 Å². The predicted molar refractivity (Wildman–Crippen MR) is 114 cm³/mol. The number of nitriles is 1. The highest BCUT2D eigenvalue weighted by atomic mass is 16.5. The van der Waals surface area contributed by atoms with Crippen molar-refractivity contribution in [3.05, 3.63) is 94.5 Å². The molecule has 0 saturated heterocycles. The summed E-state index contributed by atoms with van der Waals surface area (Å²) in [7, 11) is 0. The lowest BCUT2D eigenvalue weighted by Gasteiger charge is -2.15. The number of hydrogen-bond donors (Lipinski definition) is 0. The Morgan fingerprint density at radius 1 is 0.967 bits per heavy atom. The fourth-order valence-corrected chi connectivity index (χ4v) is 3.23. The fourth-order valence-electron chi connectivity index (χ4n) is 3.23. The highest BCUT2D eigenvalue weighted by Gasteiger charge is 2.14. The van der Waals surface area contributed by atoms with Gasteiger partial charge in [0.25, 0.3) is 5.56 Å². The molecule has 4 aromatic rings. The second kappa shape index (κ2) is 8.50. The van der Waals surface area contributed by atoms with Gasteiger partial charge in [0, 0.05) is 0 Å². The van der Waals surface area contributed by atoms with E-state index in [1.807, 2.05) is 43.3 Å². The fraction of sp³-hybridized carbons (Fsp3) is 0.125. The summed E-state index contributed by atoms with van der Waals surface area (Å²) >= 11 is 0. The molecule has 148 valence electrons. The molecule has 0 fully saturated rings. The lowest BCUT2D eigenvalue weighted by atomic mass is 10.2. The van der Waals surface area contributed by atoms with Gasteiger partial charge in [0.2, 0.25) is 0 Å². The molecule has 0 aliphatic heterocycles. The third-order valence-electron chi connectivity index (χ3n) is 4.62. The van der Waals surface area contributed by atoms with Crippen LogP contribution >= 0.6 is 0 Å². The molecule has 1 aromatic heterocycles. The van der Waals surface area contributed by atoms with E-state index in [0.29, 0.717) is 40.3 Å². The second-order valence-corrected chi connectivity index (χ2v) is 6.51. The topological polar surface area (TPSA) is 77.1 Å². The largest absolute Gasteiger partial charge is 0.494 e. The highest BCUT2D eigenvalue weighted by Crippen LogP contribution is 2.20. The van der Waals surface area contributed by atoms with Gasteiger partial charge in [-0.05, 0) is 55.5 Å². The summed E-state index contributed by atoms with van der Waals surface area (Å²) in [5.41, 5.74) is 1.50. The molecular weight excluding hydrogens is 378 g/mol. The van der Waals surface area contributed by atoms with Crippen LogP contribution in [0.2, 0.25) is 0 Å². The van der Waals surface area contributed by atoms with Crippen LogP contribution in [0.3, 0.4) is 0 Å². The van der Waals surface area contributed by atoms with Crippen LogP contribution in [0.5, 0.6) is 11.5 Å². The zero-order chi connectivity index (χ0) is 20.9. The molecule has 0 amide bonds. The van der Waals surface area contributed by atoms with Crippen LogP contribution in [0.4, 0.5) is 0 Å². The number of para-hydroxylation sites is 2.